The van der Waals surface area contributed by atoms with Gasteiger partial charge in [-0.1, -0.05) is 82.1 Å². The van der Waals surface area contributed by atoms with Crippen molar-refractivity contribution in [1.29, 1.82) is 0 Å². The quantitative estimate of drug-likeness (QED) is 0.214. The number of primary amides is 1. The summed E-state index contributed by atoms with van der Waals surface area (Å²) in [4.78, 5) is 94.3. The number of nitrogens with one attached hydrogen (secondary N) is 3. The molecule has 1 saturated carbocycles. The minimum atomic E-state index is -1.11. The van der Waals surface area contributed by atoms with Gasteiger partial charge < -0.3 is 31.5 Å². The van der Waals surface area contributed by atoms with Gasteiger partial charge in [0.05, 0.1) is 17.8 Å². The highest BCUT2D eigenvalue weighted by atomic mass is 16.2. The lowest BCUT2D eigenvalue weighted by atomic mass is 9.84. The Bertz CT molecular complexity index is 1490. The fraction of sp³-hybridized carbons (Fsp3) is 0.750. The molecule has 1 aliphatic carbocycles. The van der Waals surface area contributed by atoms with E-state index < -0.39 is 75.4 Å². The first kappa shape index (κ1) is 39.7. The molecule has 1 heterocycles. The summed E-state index contributed by atoms with van der Waals surface area (Å²) in [5, 5.41) is 8.64. The highest BCUT2D eigenvalue weighted by Crippen LogP contribution is 2.36. The summed E-state index contributed by atoms with van der Waals surface area (Å²) in [5.74, 6) is -2.99. The largest absolute Gasteiger partial charge is 0.369 e. The minimum Gasteiger partial charge on any atom is -0.369 e. The van der Waals surface area contributed by atoms with Crippen molar-refractivity contribution in [2.75, 3.05) is 25.0 Å². The lowest BCUT2D eigenvalue weighted by Gasteiger charge is -2.39. The van der Waals surface area contributed by atoms with E-state index >= 15 is 0 Å². The molecule has 0 spiro atoms. The fourth-order valence-corrected chi connectivity index (χ4v) is 6.80. The molecule has 0 bridgehead atoms. The van der Waals surface area contributed by atoms with Crippen molar-refractivity contribution in [2.24, 2.45) is 34.3 Å². The van der Waals surface area contributed by atoms with E-state index in [1.54, 1.807) is 11.9 Å². The molecular weight excluding hydrogens is 628 g/mol. The van der Waals surface area contributed by atoms with E-state index in [2.05, 4.69) is 16.0 Å². The number of hydrogen-bond acceptors (Lipinski definition) is 8. The molecule has 5 amide bonds. The average Bonchev–Trinajstić information content (AvgIpc) is 3.67. The van der Waals surface area contributed by atoms with Crippen molar-refractivity contribution in [3.8, 4) is 0 Å². The molecule has 0 radical (unpaired) electrons. The molecular formula is C36H58N6O7. The molecule has 1 aromatic rings. The van der Waals surface area contributed by atoms with E-state index in [1.165, 1.54) is 4.90 Å². The van der Waals surface area contributed by atoms with Crippen LogP contribution in [-0.2, 0) is 19.2 Å². The molecule has 1 saturated heterocycles. The molecule has 2 aliphatic rings. The van der Waals surface area contributed by atoms with Gasteiger partial charge >= 0.3 is 6.03 Å². The second kappa shape index (κ2) is 15.0. The standard InChI is InChI=1S/C36H58N6O7/c1-18(2)21-14-15-42(25(21)32(47)38-22(16-20-12-13-20)27(43)31(37)46)33(48)30(36(8,9)10)40-34(49)39-23(35(5,6)7)17-41(11)26-24(19(3)4)28(44)29(26)45/h18-23,25,30H,12-17H2,1-11H3,(H2,37,46)(H,38,47)(H2,39,40,49)/t21-,22?,23-,25+,30-/m1/s1. The minimum absolute atomic E-state index is 0.0281. The zero-order chi connectivity index (χ0) is 37.3. The van der Waals surface area contributed by atoms with E-state index in [4.69, 9.17) is 5.73 Å². The zero-order valence-corrected chi connectivity index (χ0v) is 31.2. The molecule has 1 unspecified atom stereocenters. The summed E-state index contributed by atoms with van der Waals surface area (Å²) in [7, 11) is 1.72. The van der Waals surface area contributed by atoms with Crippen LogP contribution in [0.5, 0.6) is 0 Å². The Hall–Kier alpha value is -3.77. The van der Waals surface area contributed by atoms with E-state index in [1.807, 2.05) is 69.2 Å². The molecule has 1 aromatic carbocycles. The Balaban J connectivity index is 1.84. The predicted octanol–water partition coefficient (Wildman–Crippen LogP) is 2.18. The Morgan fingerprint density at radius 3 is 1.94 bits per heavy atom. The number of carbonyl (C=O) groups is 5. The summed E-state index contributed by atoms with van der Waals surface area (Å²) in [6.45, 7) is 19.5. The third kappa shape index (κ3) is 9.27. The molecule has 274 valence electrons. The number of anilines is 1. The number of amides is 5. The van der Waals surface area contributed by atoms with Gasteiger partial charge in [-0.15, -0.1) is 0 Å². The lowest BCUT2D eigenvalue weighted by molar-refractivity contribution is -0.144. The van der Waals surface area contributed by atoms with Crippen LogP contribution < -0.4 is 37.4 Å². The van der Waals surface area contributed by atoms with Crippen LogP contribution >= 0.6 is 0 Å². The molecule has 5 N–H and O–H groups in total. The number of Topliss-reactive ketones (excluding diaryl/α,β-unsaturated/α-hetero) is 1. The van der Waals surface area contributed by atoms with Crippen LogP contribution in [-0.4, -0.2) is 78.7 Å². The molecule has 0 aromatic heterocycles. The first-order chi connectivity index (χ1) is 22.5. The van der Waals surface area contributed by atoms with Crippen molar-refractivity contribution in [3.63, 3.8) is 0 Å². The number of ketones is 1. The molecule has 5 atom stereocenters. The molecule has 13 heteroatoms. The third-order valence-corrected chi connectivity index (χ3v) is 10.1. The van der Waals surface area contributed by atoms with Gasteiger partial charge in [0, 0.05) is 25.7 Å². The van der Waals surface area contributed by atoms with Gasteiger partial charge in [-0.25, -0.2) is 4.79 Å². The molecule has 2 fully saturated rings. The van der Waals surface area contributed by atoms with Crippen LogP contribution in [0.25, 0.3) is 0 Å². The number of rotatable bonds is 14. The number of likely N-dealkylation sites (tertiary alicyclic amines) is 1. The maximum Gasteiger partial charge on any atom is 0.315 e. The summed E-state index contributed by atoms with van der Waals surface area (Å²) in [6.07, 6.45) is 2.68. The van der Waals surface area contributed by atoms with Crippen molar-refractivity contribution in [3.05, 3.63) is 26.0 Å². The van der Waals surface area contributed by atoms with Crippen molar-refractivity contribution in [1.82, 2.24) is 20.9 Å². The number of likely N-dealkylation sites (N-methyl/N-ethyl adjacent to an activating group) is 1. The van der Waals surface area contributed by atoms with E-state index in [0.717, 1.165) is 12.8 Å². The van der Waals surface area contributed by atoms with Crippen LogP contribution in [0.2, 0.25) is 0 Å². The first-order valence-electron chi connectivity index (χ1n) is 17.5. The van der Waals surface area contributed by atoms with Gasteiger partial charge in [0.2, 0.25) is 28.5 Å². The Kier molecular flexibility index (Phi) is 12.1. The van der Waals surface area contributed by atoms with Crippen molar-refractivity contribution < 1.29 is 24.0 Å². The summed E-state index contributed by atoms with van der Waals surface area (Å²) >= 11 is 0. The van der Waals surface area contributed by atoms with Crippen LogP contribution in [0.1, 0.15) is 106 Å². The maximum absolute atomic E-state index is 14.4. The van der Waals surface area contributed by atoms with Crippen molar-refractivity contribution >= 4 is 35.2 Å². The third-order valence-electron chi connectivity index (χ3n) is 10.1. The van der Waals surface area contributed by atoms with Crippen LogP contribution in [0.3, 0.4) is 0 Å². The molecule has 49 heavy (non-hydrogen) atoms. The monoisotopic (exact) mass is 686 g/mol. The van der Waals surface area contributed by atoms with Gasteiger partial charge in [-0.3, -0.25) is 28.8 Å². The molecule has 3 rings (SSSR count). The SMILES string of the molecule is CC(C)c1c(N(C)C[C@@H](NC(=O)N[C@H](C(=O)N2CC[C@H](C(C)C)[C@H]2C(=O)NC(CC2CC2)C(=O)C(N)=O)C(C)(C)C)C(C)(C)C)c(=O)c1=O. The van der Waals surface area contributed by atoms with E-state index in [-0.39, 0.29) is 36.8 Å². The van der Waals surface area contributed by atoms with Crippen LogP contribution in [0, 0.1) is 28.6 Å². The van der Waals surface area contributed by atoms with Gasteiger partial charge in [-0.2, -0.15) is 0 Å². The second-order valence-corrected chi connectivity index (χ2v) is 16.9. The lowest BCUT2D eigenvalue weighted by Crippen LogP contribution is -2.62. The summed E-state index contributed by atoms with van der Waals surface area (Å²) < 4.78 is 0. The van der Waals surface area contributed by atoms with Gasteiger partial charge in [0.15, 0.2) is 0 Å². The highest BCUT2D eigenvalue weighted by Gasteiger charge is 2.48. The number of nitrogens with two attached hydrogens (primary N) is 1. The molecule has 13 nitrogen and oxygen atoms in total. The number of carbonyl (C=O) groups excluding carboxylic acids is 5. The zero-order valence-electron chi connectivity index (χ0n) is 31.2. The number of urea groups is 1. The highest BCUT2D eigenvalue weighted by molar-refractivity contribution is 6.37. The Morgan fingerprint density at radius 2 is 1.47 bits per heavy atom. The van der Waals surface area contributed by atoms with Crippen molar-refractivity contribution in [2.45, 2.75) is 125 Å². The first-order valence-corrected chi connectivity index (χ1v) is 17.5. The van der Waals surface area contributed by atoms with Crippen LogP contribution in [0.15, 0.2) is 9.59 Å². The average molecular weight is 687 g/mol. The second-order valence-electron chi connectivity index (χ2n) is 16.9. The van der Waals surface area contributed by atoms with E-state index in [0.29, 0.717) is 24.1 Å². The Labute approximate surface area is 290 Å². The van der Waals surface area contributed by atoms with E-state index in [9.17, 15) is 33.6 Å². The Morgan fingerprint density at radius 1 is 0.878 bits per heavy atom. The van der Waals surface area contributed by atoms with Gasteiger partial charge in [0.1, 0.15) is 12.1 Å². The predicted molar refractivity (Wildman–Crippen MR) is 189 cm³/mol. The fourth-order valence-electron chi connectivity index (χ4n) is 6.80. The topological polar surface area (TPSA) is 188 Å². The van der Waals surface area contributed by atoms with Gasteiger partial charge in [-0.05, 0) is 47.3 Å². The maximum atomic E-state index is 14.4. The normalized spacial score (nSPS) is 20.2. The number of nitrogens with zero attached hydrogens (tertiary/aromatic N) is 2. The van der Waals surface area contributed by atoms with Gasteiger partial charge in [0.25, 0.3) is 5.91 Å². The van der Waals surface area contributed by atoms with Crippen LogP contribution in [0.4, 0.5) is 10.5 Å². The summed E-state index contributed by atoms with van der Waals surface area (Å²) in [5.41, 5.74) is 3.89. The summed E-state index contributed by atoms with van der Waals surface area (Å²) in [6, 6.07) is -4.07. The molecule has 1 aliphatic heterocycles. The number of hydrogen-bond donors (Lipinski definition) is 4. The smallest absolute Gasteiger partial charge is 0.315 e.